The van der Waals surface area contributed by atoms with E-state index in [4.69, 9.17) is 9.47 Å². The van der Waals surface area contributed by atoms with E-state index in [1.807, 2.05) is 35.2 Å². The molecule has 1 aromatic heterocycles. The van der Waals surface area contributed by atoms with Gasteiger partial charge in [0, 0.05) is 37.8 Å². The number of methoxy groups -OCH3 is 1. The van der Waals surface area contributed by atoms with Gasteiger partial charge in [-0.15, -0.1) is 0 Å². The Labute approximate surface area is 176 Å². The molecule has 0 radical (unpaired) electrons. The van der Waals surface area contributed by atoms with Crippen molar-refractivity contribution in [3.05, 3.63) is 47.3 Å². The second-order valence-electron chi connectivity index (χ2n) is 7.82. The lowest BCUT2D eigenvalue weighted by atomic mass is 9.94. The lowest BCUT2D eigenvalue weighted by molar-refractivity contribution is -0.131. The van der Waals surface area contributed by atoms with Gasteiger partial charge in [-0.1, -0.05) is 12.1 Å². The van der Waals surface area contributed by atoms with Gasteiger partial charge in [0.15, 0.2) is 0 Å². The molecule has 1 atom stereocenters. The Hall–Kier alpha value is -2.87. The van der Waals surface area contributed by atoms with Gasteiger partial charge in [-0.25, -0.2) is 0 Å². The summed E-state index contributed by atoms with van der Waals surface area (Å²) in [5.41, 5.74) is 2.34. The minimum absolute atomic E-state index is 0.0657. The van der Waals surface area contributed by atoms with Crippen LogP contribution in [0.4, 0.5) is 0 Å². The molecule has 0 bridgehead atoms. The number of aromatic nitrogens is 2. The number of morpholine rings is 1. The second kappa shape index (κ2) is 9.30. The Bertz CT molecular complexity index is 874. The maximum Gasteiger partial charge on any atom is 0.274 e. The minimum Gasteiger partial charge on any atom is -0.497 e. The standard InChI is InChI=1S/C22H28N4O4/c1-29-18-6-4-16(5-7-18)13-21(27)26-8-2-3-17(15-26)19-14-20(24-23-19)22(28)25-9-11-30-12-10-25/h4-7,14,17H,2-3,8-13,15H2,1H3,(H,23,24)/t17-/m1/s1. The maximum atomic E-state index is 12.8. The van der Waals surface area contributed by atoms with E-state index in [1.165, 1.54) is 0 Å². The number of hydrogen-bond donors (Lipinski definition) is 1. The predicted octanol–water partition coefficient (Wildman–Crippen LogP) is 1.84. The second-order valence-corrected chi connectivity index (χ2v) is 7.82. The zero-order valence-corrected chi connectivity index (χ0v) is 17.3. The summed E-state index contributed by atoms with van der Waals surface area (Å²) in [6.45, 7) is 3.73. The van der Waals surface area contributed by atoms with Crippen LogP contribution in [0.3, 0.4) is 0 Å². The van der Waals surface area contributed by atoms with Crippen molar-refractivity contribution in [3.8, 4) is 5.75 Å². The van der Waals surface area contributed by atoms with Crippen LogP contribution in [0.2, 0.25) is 0 Å². The highest BCUT2D eigenvalue weighted by molar-refractivity contribution is 5.92. The number of amides is 2. The molecular formula is C22H28N4O4. The summed E-state index contributed by atoms with van der Waals surface area (Å²) in [6.07, 6.45) is 2.28. The third-order valence-corrected chi connectivity index (χ3v) is 5.84. The number of ether oxygens (including phenoxy) is 2. The van der Waals surface area contributed by atoms with Crippen LogP contribution < -0.4 is 4.74 Å². The first-order chi connectivity index (χ1) is 14.6. The fourth-order valence-electron chi connectivity index (χ4n) is 4.07. The number of nitrogens with zero attached hydrogens (tertiary/aromatic N) is 3. The van der Waals surface area contributed by atoms with Crippen molar-refractivity contribution < 1.29 is 19.1 Å². The number of benzene rings is 1. The highest BCUT2D eigenvalue weighted by Gasteiger charge is 2.28. The molecule has 2 amide bonds. The van der Waals surface area contributed by atoms with E-state index in [1.54, 1.807) is 12.0 Å². The molecule has 0 unspecified atom stereocenters. The van der Waals surface area contributed by atoms with Crippen LogP contribution >= 0.6 is 0 Å². The summed E-state index contributed by atoms with van der Waals surface area (Å²) in [4.78, 5) is 29.1. The van der Waals surface area contributed by atoms with E-state index in [-0.39, 0.29) is 17.7 Å². The SMILES string of the molecule is COc1ccc(CC(=O)N2CCC[C@@H](c3cc(C(=O)N4CCOCC4)n[nH]3)C2)cc1. The molecule has 2 aliphatic heterocycles. The van der Waals surface area contributed by atoms with Crippen LogP contribution in [-0.2, 0) is 16.0 Å². The molecule has 2 saturated heterocycles. The van der Waals surface area contributed by atoms with Gasteiger partial charge in [0.05, 0.1) is 26.7 Å². The molecule has 1 aromatic carbocycles. The first kappa shape index (κ1) is 20.4. The lowest BCUT2D eigenvalue weighted by Gasteiger charge is -2.32. The van der Waals surface area contributed by atoms with Crippen molar-refractivity contribution in [2.24, 2.45) is 0 Å². The third-order valence-electron chi connectivity index (χ3n) is 5.84. The molecule has 8 nitrogen and oxygen atoms in total. The van der Waals surface area contributed by atoms with Gasteiger partial charge >= 0.3 is 0 Å². The predicted molar refractivity (Wildman–Crippen MR) is 111 cm³/mol. The summed E-state index contributed by atoms with van der Waals surface area (Å²) in [5.74, 6) is 1.00. The lowest BCUT2D eigenvalue weighted by Crippen LogP contribution is -2.40. The van der Waals surface area contributed by atoms with Gasteiger partial charge in [0.25, 0.3) is 5.91 Å². The quantitative estimate of drug-likeness (QED) is 0.810. The topological polar surface area (TPSA) is 87.8 Å². The van der Waals surface area contributed by atoms with Crippen molar-refractivity contribution in [1.82, 2.24) is 20.0 Å². The minimum atomic E-state index is -0.0657. The molecule has 4 rings (SSSR count). The zero-order valence-electron chi connectivity index (χ0n) is 17.3. The van der Waals surface area contributed by atoms with E-state index in [9.17, 15) is 9.59 Å². The van der Waals surface area contributed by atoms with Crippen molar-refractivity contribution in [1.29, 1.82) is 0 Å². The van der Waals surface area contributed by atoms with Gasteiger partial charge in [-0.2, -0.15) is 5.10 Å². The normalized spacial score (nSPS) is 19.6. The van der Waals surface area contributed by atoms with Crippen LogP contribution in [0.1, 0.15) is 40.5 Å². The molecule has 3 heterocycles. The molecule has 160 valence electrons. The van der Waals surface area contributed by atoms with Crippen LogP contribution in [0, 0.1) is 0 Å². The van der Waals surface area contributed by atoms with Crippen LogP contribution in [0.5, 0.6) is 5.75 Å². The highest BCUT2D eigenvalue weighted by Crippen LogP contribution is 2.27. The number of nitrogens with one attached hydrogen (secondary N) is 1. The van der Waals surface area contributed by atoms with Crippen molar-refractivity contribution in [2.45, 2.75) is 25.2 Å². The van der Waals surface area contributed by atoms with E-state index >= 15 is 0 Å². The molecular weight excluding hydrogens is 384 g/mol. The molecule has 0 saturated carbocycles. The molecule has 30 heavy (non-hydrogen) atoms. The third kappa shape index (κ3) is 4.64. The Morgan fingerprint density at radius 1 is 1.17 bits per heavy atom. The first-order valence-electron chi connectivity index (χ1n) is 10.5. The van der Waals surface area contributed by atoms with Gasteiger partial charge in [-0.05, 0) is 36.6 Å². The van der Waals surface area contributed by atoms with Crippen molar-refractivity contribution >= 4 is 11.8 Å². The maximum absolute atomic E-state index is 12.8. The molecule has 8 heteroatoms. The van der Waals surface area contributed by atoms with Gasteiger partial charge in [-0.3, -0.25) is 14.7 Å². The average Bonchev–Trinajstić information content (AvgIpc) is 3.30. The smallest absolute Gasteiger partial charge is 0.274 e. The summed E-state index contributed by atoms with van der Waals surface area (Å²) in [5, 5.41) is 7.28. The molecule has 0 aliphatic carbocycles. The molecule has 2 aromatic rings. The number of carbonyl (C=O) groups excluding carboxylic acids is 2. The number of hydrogen-bond acceptors (Lipinski definition) is 5. The van der Waals surface area contributed by atoms with E-state index < -0.39 is 0 Å². The number of carbonyl (C=O) groups is 2. The number of H-pyrrole nitrogens is 1. The van der Waals surface area contributed by atoms with Gasteiger partial charge in [0.1, 0.15) is 11.4 Å². The van der Waals surface area contributed by atoms with Crippen LogP contribution in [-0.4, -0.2) is 78.3 Å². The fourth-order valence-corrected chi connectivity index (χ4v) is 4.07. The first-order valence-corrected chi connectivity index (χ1v) is 10.5. The molecule has 1 N–H and O–H groups in total. The van der Waals surface area contributed by atoms with E-state index in [2.05, 4.69) is 10.2 Å². The fraction of sp³-hybridized carbons (Fsp3) is 0.500. The van der Waals surface area contributed by atoms with Gasteiger partial charge < -0.3 is 19.3 Å². The Morgan fingerprint density at radius 3 is 2.67 bits per heavy atom. The highest BCUT2D eigenvalue weighted by atomic mass is 16.5. The van der Waals surface area contributed by atoms with Crippen LogP contribution in [0.15, 0.2) is 30.3 Å². The number of rotatable bonds is 5. The number of aromatic amines is 1. The Morgan fingerprint density at radius 2 is 1.93 bits per heavy atom. The summed E-state index contributed by atoms with van der Waals surface area (Å²) < 4.78 is 10.5. The van der Waals surface area contributed by atoms with E-state index in [0.29, 0.717) is 45.0 Å². The van der Waals surface area contributed by atoms with Crippen molar-refractivity contribution in [2.75, 3.05) is 46.5 Å². The van der Waals surface area contributed by atoms with Gasteiger partial charge in [0.2, 0.25) is 5.91 Å². The monoisotopic (exact) mass is 412 g/mol. The summed E-state index contributed by atoms with van der Waals surface area (Å²) in [7, 11) is 1.63. The Kier molecular flexibility index (Phi) is 6.32. The number of piperidine rings is 1. The largest absolute Gasteiger partial charge is 0.497 e. The van der Waals surface area contributed by atoms with Crippen molar-refractivity contribution in [3.63, 3.8) is 0 Å². The van der Waals surface area contributed by atoms with Crippen LogP contribution in [0.25, 0.3) is 0 Å². The van der Waals surface area contributed by atoms with E-state index in [0.717, 1.165) is 36.4 Å². The average molecular weight is 412 g/mol. The number of likely N-dealkylation sites (tertiary alicyclic amines) is 1. The zero-order chi connectivity index (χ0) is 20.9. The summed E-state index contributed by atoms with van der Waals surface area (Å²) in [6, 6.07) is 9.45. The molecule has 0 spiro atoms. The summed E-state index contributed by atoms with van der Waals surface area (Å²) >= 11 is 0. The molecule has 2 fully saturated rings. The molecule has 2 aliphatic rings. The Balaban J connectivity index is 1.37.